The molecule has 1 N–H and O–H groups in total. The lowest BCUT2D eigenvalue weighted by Gasteiger charge is -2.21. The van der Waals surface area contributed by atoms with E-state index in [1.165, 1.54) is 16.2 Å². The van der Waals surface area contributed by atoms with Crippen LogP contribution in [0.3, 0.4) is 0 Å². The number of benzene rings is 2. The highest BCUT2D eigenvalue weighted by molar-refractivity contribution is 7.13. The van der Waals surface area contributed by atoms with Crippen LogP contribution in [0.1, 0.15) is 19.0 Å². The highest BCUT2D eigenvalue weighted by Gasteiger charge is 2.19. The minimum atomic E-state index is -0.344. The van der Waals surface area contributed by atoms with Crippen molar-refractivity contribution in [1.82, 2.24) is 9.88 Å². The maximum atomic E-state index is 12.9. The normalized spacial score (nSPS) is 10.7. The number of nitrogens with one attached hydrogen (secondary N) is 1. The van der Waals surface area contributed by atoms with Crippen molar-refractivity contribution in [3.63, 3.8) is 0 Å². The Bertz CT molecular complexity index is 1090. The molecule has 2 aromatic carbocycles. The zero-order valence-corrected chi connectivity index (χ0v) is 19.8. The molecule has 0 saturated carbocycles. The van der Waals surface area contributed by atoms with Gasteiger partial charge in [0.25, 0.3) is 0 Å². The third-order valence-corrected chi connectivity index (χ3v) is 6.08. The van der Waals surface area contributed by atoms with E-state index in [0.29, 0.717) is 33.0 Å². The molecule has 0 atom stereocenters. The van der Waals surface area contributed by atoms with Crippen molar-refractivity contribution in [2.24, 2.45) is 0 Å². The number of anilines is 1. The molecule has 1 heterocycles. The fourth-order valence-corrected chi connectivity index (χ4v) is 4.27. The van der Waals surface area contributed by atoms with Crippen LogP contribution >= 0.6 is 46.1 Å². The van der Waals surface area contributed by atoms with Gasteiger partial charge in [-0.15, -0.1) is 11.3 Å². The van der Waals surface area contributed by atoms with E-state index in [-0.39, 0.29) is 24.8 Å². The third-order valence-electron chi connectivity index (χ3n) is 4.34. The highest BCUT2D eigenvalue weighted by atomic mass is 35.5. The van der Waals surface area contributed by atoms with Crippen molar-refractivity contribution in [2.45, 2.75) is 19.8 Å². The predicted molar refractivity (Wildman–Crippen MR) is 128 cm³/mol. The van der Waals surface area contributed by atoms with E-state index in [0.717, 1.165) is 17.0 Å². The molecule has 0 saturated heterocycles. The number of carbonyl (C=O) groups is 2. The fourth-order valence-electron chi connectivity index (χ4n) is 2.93. The predicted octanol–water partition coefficient (Wildman–Crippen LogP) is 6.19. The maximum absolute atomic E-state index is 12.9. The number of thiazole rings is 1. The van der Waals surface area contributed by atoms with Gasteiger partial charge in [-0.3, -0.25) is 9.59 Å². The van der Waals surface area contributed by atoms with Gasteiger partial charge < -0.3 is 10.2 Å². The third kappa shape index (κ3) is 6.68. The summed E-state index contributed by atoms with van der Waals surface area (Å²) in [5.74, 6) is -0.513. The molecule has 2 amide bonds. The van der Waals surface area contributed by atoms with Crippen LogP contribution in [-0.2, 0) is 16.0 Å². The minimum Gasteiger partial charge on any atom is -0.333 e. The molecule has 0 fully saturated rings. The van der Waals surface area contributed by atoms with E-state index in [1.807, 2.05) is 30.5 Å². The summed E-state index contributed by atoms with van der Waals surface area (Å²) in [4.78, 5) is 31.4. The first kappa shape index (κ1) is 23.5. The van der Waals surface area contributed by atoms with Crippen molar-refractivity contribution < 1.29 is 9.59 Å². The van der Waals surface area contributed by atoms with E-state index in [9.17, 15) is 9.59 Å². The van der Waals surface area contributed by atoms with Crippen LogP contribution in [-0.4, -0.2) is 34.8 Å². The molecule has 0 aliphatic heterocycles. The lowest BCUT2D eigenvalue weighted by molar-refractivity contribution is -0.134. The van der Waals surface area contributed by atoms with Crippen LogP contribution in [0, 0.1) is 0 Å². The second-order valence-corrected chi connectivity index (χ2v) is 8.96. The number of amides is 2. The molecule has 3 aromatic rings. The molecular formula is C22H20Cl3N3O2S. The van der Waals surface area contributed by atoms with Crippen molar-refractivity contribution in [3.05, 3.63) is 68.6 Å². The van der Waals surface area contributed by atoms with Gasteiger partial charge in [-0.1, -0.05) is 53.9 Å². The number of carbonyl (C=O) groups excluding carboxylic acids is 2. The number of aromatic nitrogens is 1. The quantitative estimate of drug-likeness (QED) is 0.404. The summed E-state index contributed by atoms with van der Waals surface area (Å²) >= 11 is 19.6. The summed E-state index contributed by atoms with van der Waals surface area (Å²) in [6.07, 6.45) is 0.837. The summed E-state index contributed by atoms with van der Waals surface area (Å²) in [5, 5.41) is 6.82. The lowest BCUT2D eigenvalue weighted by Crippen LogP contribution is -2.39. The fraction of sp³-hybridized carbons (Fsp3) is 0.227. The largest absolute Gasteiger partial charge is 0.333 e. The number of hydrogen-bond donors (Lipinski definition) is 1. The molecule has 5 nitrogen and oxygen atoms in total. The van der Waals surface area contributed by atoms with Crippen LogP contribution in [0.4, 0.5) is 5.69 Å². The molecular weight excluding hydrogens is 477 g/mol. The van der Waals surface area contributed by atoms with E-state index in [1.54, 1.807) is 24.3 Å². The van der Waals surface area contributed by atoms with Crippen LogP contribution in [0.5, 0.6) is 0 Å². The Morgan fingerprint density at radius 2 is 1.87 bits per heavy atom. The van der Waals surface area contributed by atoms with Crippen molar-refractivity contribution >= 4 is 63.6 Å². The summed E-state index contributed by atoms with van der Waals surface area (Å²) in [7, 11) is 0. The van der Waals surface area contributed by atoms with Gasteiger partial charge in [-0.2, -0.15) is 0 Å². The van der Waals surface area contributed by atoms with E-state index in [4.69, 9.17) is 34.8 Å². The van der Waals surface area contributed by atoms with Gasteiger partial charge in [0.05, 0.1) is 29.4 Å². The zero-order valence-electron chi connectivity index (χ0n) is 16.7. The summed E-state index contributed by atoms with van der Waals surface area (Å²) in [6, 6.07) is 12.2. The molecule has 0 bridgehead atoms. The summed E-state index contributed by atoms with van der Waals surface area (Å²) < 4.78 is 0. The summed E-state index contributed by atoms with van der Waals surface area (Å²) in [6.45, 7) is 2.33. The maximum Gasteiger partial charge on any atom is 0.244 e. The average Bonchev–Trinajstić information content (AvgIpc) is 3.19. The van der Waals surface area contributed by atoms with Gasteiger partial charge in [-0.25, -0.2) is 4.98 Å². The monoisotopic (exact) mass is 495 g/mol. The van der Waals surface area contributed by atoms with E-state index in [2.05, 4.69) is 10.3 Å². The van der Waals surface area contributed by atoms with Crippen molar-refractivity contribution in [3.8, 4) is 10.6 Å². The van der Waals surface area contributed by atoms with E-state index < -0.39 is 0 Å². The molecule has 0 aliphatic rings. The van der Waals surface area contributed by atoms with Crippen LogP contribution in [0.2, 0.25) is 15.1 Å². The van der Waals surface area contributed by atoms with Crippen molar-refractivity contribution in [2.75, 3.05) is 18.4 Å². The first-order valence-electron chi connectivity index (χ1n) is 9.58. The smallest absolute Gasteiger partial charge is 0.244 e. The van der Waals surface area contributed by atoms with Gasteiger partial charge in [0.1, 0.15) is 5.01 Å². The first-order valence-corrected chi connectivity index (χ1v) is 11.6. The SMILES string of the molecule is CCCN(CC(=O)Nc1cc(Cl)ccc1Cl)C(=O)Cc1csc(-c2cccc(Cl)c2)n1. The van der Waals surface area contributed by atoms with Gasteiger partial charge in [0.2, 0.25) is 11.8 Å². The Balaban J connectivity index is 1.65. The lowest BCUT2D eigenvalue weighted by atomic mass is 10.2. The second kappa shape index (κ2) is 11.0. The Labute approximate surface area is 200 Å². The van der Waals surface area contributed by atoms with E-state index >= 15 is 0 Å². The second-order valence-electron chi connectivity index (χ2n) is 6.82. The van der Waals surface area contributed by atoms with Crippen LogP contribution in [0.15, 0.2) is 47.8 Å². The number of rotatable bonds is 8. The van der Waals surface area contributed by atoms with Crippen LogP contribution in [0.25, 0.3) is 10.6 Å². The standard InChI is InChI=1S/C22H20Cl3N3O2S/c1-2-8-28(12-20(29)27-19-10-16(24)6-7-18(19)25)21(30)11-17-13-31-22(26-17)14-4-3-5-15(23)9-14/h3-7,9-10,13H,2,8,11-12H2,1H3,(H,27,29). The van der Waals surface area contributed by atoms with Gasteiger partial charge >= 0.3 is 0 Å². The van der Waals surface area contributed by atoms with Gasteiger partial charge in [0, 0.05) is 27.5 Å². The Morgan fingerprint density at radius 3 is 2.61 bits per heavy atom. The van der Waals surface area contributed by atoms with Gasteiger partial charge in [0.15, 0.2) is 0 Å². The zero-order chi connectivity index (χ0) is 22.4. The molecule has 9 heteroatoms. The molecule has 0 unspecified atom stereocenters. The Hall–Kier alpha value is -2.12. The molecule has 3 rings (SSSR count). The number of hydrogen-bond acceptors (Lipinski definition) is 4. The van der Waals surface area contributed by atoms with Gasteiger partial charge in [-0.05, 0) is 36.8 Å². The topological polar surface area (TPSA) is 62.3 Å². The minimum absolute atomic E-state index is 0.0825. The van der Waals surface area contributed by atoms with Crippen LogP contribution < -0.4 is 5.32 Å². The first-order chi connectivity index (χ1) is 14.9. The average molecular weight is 497 g/mol. The molecule has 162 valence electrons. The number of halogens is 3. The number of nitrogens with zero attached hydrogens (tertiary/aromatic N) is 2. The molecule has 1 aromatic heterocycles. The van der Waals surface area contributed by atoms with Crippen molar-refractivity contribution in [1.29, 1.82) is 0 Å². The molecule has 0 radical (unpaired) electrons. The molecule has 0 spiro atoms. The Morgan fingerprint density at radius 1 is 1.10 bits per heavy atom. The summed E-state index contributed by atoms with van der Waals surface area (Å²) in [5.41, 5.74) is 1.97. The Kier molecular flexibility index (Phi) is 8.32. The molecule has 31 heavy (non-hydrogen) atoms. The molecule has 0 aliphatic carbocycles. The highest BCUT2D eigenvalue weighted by Crippen LogP contribution is 2.27.